The van der Waals surface area contributed by atoms with Gasteiger partial charge in [0.1, 0.15) is 5.01 Å². The van der Waals surface area contributed by atoms with Crippen LogP contribution in [0.1, 0.15) is 9.88 Å². The molecule has 1 aliphatic heterocycles. The Morgan fingerprint density at radius 3 is 2.57 bits per heavy atom. The third-order valence-electron chi connectivity index (χ3n) is 3.69. The molecule has 3 rings (SSSR count). The Labute approximate surface area is 140 Å². The lowest BCUT2D eigenvalue weighted by atomic mass is 10.3. The Morgan fingerprint density at radius 1 is 1.22 bits per heavy atom. The van der Waals surface area contributed by atoms with Gasteiger partial charge < -0.3 is 15.1 Å². The molecule has 0 aliphatic carbocycles. The standard InChI is InChI=1S/C15H21N7S/c1-12-10-19-13(23-12)11-20-14(16-2)21-6-8-22(9-7-21)15-17-4-3-5-18-15/h3-5,10H,6-9,11H2,1-2H3,(H,16,20). The minimum Gasteiger partial charge on any atom is -0.350 e. The van der Waals surface area contributed by atoms with Gasteiger partial charge in [-0.25, -0.2) is 15.0 Å². The summed E-state index contributed by atoms with van der Waals surface area (Å²) in [6.07, 6.45) is 5.47. The first kappa shape index (κ1) is 15.7. The van der Waals surface area contributed by atoms with Gasteiger partial charge in [-0.3, -0.25) is 4.99 Å². The molecule has 0 bridgehead atoms. The van der Waals surface area contributed by atoms with E-state index in [1.807, 2.05) is 19.3 Å². The normalized spacial score (nSPS) is 15.8. The van der Waals surface area contributed by atoms with Crippen molar-refractivity contribution in [3.05, 3.63) is 34.5 Å². The third-order valence-corrected chi connectivity index (χ3v) is 4.61. The zero-order valence-corrected chi connectivity index (χ0v) is 14.3. The van der Waals surface area contributed by atoms with E-state index in [-0.39, 0.29) is 0 Å². The largest absolute Gasteiger partial charge is 0.350 e. The Morgan fingerprint density at radius 2 is 1.96 bits per heavy atom. The molecule has 0 aromatic carbocycles. The summed E-state index contributed by atoms with van der Waals surface area (Å²) in [5, 5.41) is 4.48. The van der Waals surface area contributed by atoms with Crippen LogP contribution in [0.15, 0.2) is 29.6 Å². The van der Waals surface area contributed by atoms with E-state index >= 15 is 0 Å². The second-order valence-corrected chi connectivity index (χ2v) is 6.61. The predicted octanol–water partition coefficient (Wildman–Crippen LogP) is 1.14. The van der Waals surface area contributed by atoms with Crippen molar-refractivity contribution < 1.29 is 0 Å². The number of hydrogen-bond donors (Lipinski definition) is 1. The maximum Gasteiger partial charge on any atom is 0.225 e. The summed E-state index contributed by atoms with van der Waals surface area (Å²) < 4.78 is 0. The molecule has 2 aromatic rings. The van der Waals surface area contributed by atoms with Crippen molar-refractivity contribution in [1.29, 1.82) is 0 Å². The number of rotatable bonds is 3. The van der Waals surface area contributed by atoms with Crippen molar-refractivity contribution >= 4 is 23.2 Å². The molecule has 122 valence electrons. The van der Waals surface area contributed by atoms with E-state index in [1.165, 1.54) is 4.88 Å². The molecular formula is C15H21N7S. The fraction of sp³-hybridized carbons (Fsp3) is 0.467. The van der Waals surface area contributed by atoms with Crippen LogP contribution in [-0.4, -0.2) is 59.0 Å². The second-order valence-electron chi connectivity index (χ2n) is 5.29. The molecule has 2 aromatic heterocycles. The number of thiazole rings is 1. The van der Waals surface area contributed by atoms with E-state index in [0.717, 1.165) is 43.1 Å². The highest BCUT2D eigenvalue weighted by Crippen LogP contribution is 2.12. The van der Waals surface area contributed by atoms with Crippen molar-refractivity contribution in [3.63, 3.8) is 0 Å². The number of piperazine rings is 1. The minimum absolute atomic E-state index is 0.715. The van der Waals surface area contributed by atoms with E-state index < -0.39 is 0 Å². The molecule has 0 radical (unpaired) electrons. The second kappa shape index (κ2) is 7.36. The summed E-state index contributed by atoms with van der Waals surface area (Å²) in [5.74, 6) is 1.72. The average molecular weight is 331 g/mol. The van der Waals surface area contributed by atoms with Crippen molar-refractivity contribution in [1.82, 2.24) is 25.2 Å². The van der Waals surface area contributed by atoms with Gasteiger partial charge in [0.25, 0.3) is 0 Å². The highest BCUT2D eigenvalue weighted by Gasteiger charge is 2.21. The molecule has 1 N–H and O–H groups in total. The summed E-state index contributed by atoms with van der Waals surface area (Å²) >= 11 is 1.71. The Hall–Kier alpha value is -2.22. The van der Waals surface area contributed by atoms with E-state index in [2.05, 4.69) is 42.0 Å². The van der Waals surface area contributed by atoms with Gasteiger partial charge in [-0.15, -0.1) is 11.3 Å². The molecule has 0 spiro atoms. The van der Waals surface area contributed by atoms with E-state index in [0.29, 0.717) is 6.54 Å². The predicted molar refractivity (Wildman–Crippen MR) is 92.9 cm³/mol. The van der Waals surface area contributed by atoms with Gasteiger partial charge in [-0.05, 0) is 13.0 Å². The Kier molecular flexibility index (Phi) is 5.02. The molecule has 23 heavy (non-hydrogen) atoms. The van der Waals surface area contributed by atoms with Gasteiger partial charge in [0.15, 0.2) is 5.96 Å². The number of guanidine groups is 1. The fourth-order valence-electron chi connectivity index (χ4n) is 2.54. The number of hydrogen-bond acceptors (Lipinski definition) is 6. The minimum atomic E-state index is 0.715. The van der Waals surface area contributed by atoms with Crippen molar-refractivity contribution in [2.24, 2.45) is 4.99 Å². The number of nitrogens with one attached hydrogen (secondary N) is 1. The maximum atomic E-state index is 4.39. The number of aryl methyl sites for hydroxylation is 1. The lowest BCUT2D eigenvalue weighted by molar-refractivity contribution is 0.370. The number of anilines is 1. The molecule has 3 heterocycles. The lowest BCUT2D eigenvalue weighted by Crippen LogP contribution is -2.52. The third kappa shape index (κ3) is 3.95. The fourth-order valence-corrected chi connectivity index (χ4v) is 3.27. The van der Waals surface area contributed by atoms with E-state index in [1.54, 1.807) is 23.7 Å². The van der Waals surface area contributed by atoms with Crippen molar-refractivity contribution in [3.8, 4) is 0 Å². The first-order valence-corrected chi connectivity index (χ1v) is 8.47. The number of aromatic nitrogens is 3. The maximum absolute atomic E-state index is 4.39. The van der Waals surface area contributed by atoms with E-state index in [9.17, 15) is 0 Å². The zero-order valence-electron chi connectivity index (χ0n) is 13.4. The van der Waals surface area contributed by atoms with Crippen LogP contribution < -0.4 is 10.2 Å². The average Bonchev–Trinajstić information content (AvgIpc) is 3.02. The Balaban J connectivity index is 1.53. The quantitative estimate of drug-likeness (QED) is 0.672. The summed E-state index contributed by atoms with van der Waals surface area (Å²) in [5.41, 5.74) is 0. The summed E-state index contributed by atoms with van der Waals surface area (Å²) in [7, 11) is 1.82. The van der Waals surface area contributed by atoms with Crippen LogP contribution in [0.5, 0.6) is 0 Å². The smallest absolute Gasteiger partial charge is 0.225 e. The SMILES string of the molecule is CN=C(NCc1ncc(C)s1)N1CCN(c2ncccn2)CC1. The number of nitrogens with zero attached hydrogens (tertiary/aromatic N) is 6. The van der Waals surface area contributed by atoms with Gasteiger partial charge in [0.2, 0.25) is 5.95 Å². The number of aliphatic imine (C=N–C) groups is 1. The molecular weight excluding hydrogens is 310 g/mol. The van der Waals surface area contributed by atoms with Crippen LogP contribution in [0.4, 0.5) is 5.95 Å². The van der Waals surface area contributed by atoms with Gasteiger partial charge >= 0.3 is 0 Å². The zero-order chi connectivity index (χ0) is 16.1. The first-order valence-electron chi connectivity index (χ1n) is 7.65. The summed E-state index contributed by atoms with van der Waals surface area (Å²) in [6.45, 7) is 6.36. The van der Waals surface area contributed by atoms with Crippen molar-refractivity contribution in [2.45, 2.75) is 13.5 Å². The van der Waals surface area contributed by atoms with Gasteiger partial charge in [-0.1, -0.05) is 0 Å². The molecule has 1 saturated heterocycles. The van der Waals surface area contributed by atoms with E-state index in [4.69, 9.17) is 0 Å². The lowest BCUT2D eigenvalue weighted by Gasteiger charge is -2.36. The first-order chi connectivity index (χ1) is 11.3. The molecule has 0 amide bonds. The summed E-state index contributed by atoms with van der Waals surface area (Å²) in [4.78, 5) is 23.1. The molecule has 7 nitrogen and oxygen atoms in total. The molecule has 1 aliphatic rings. The molecule has 8 heteroatoms. The van der Waals surface area contributed by atoms with Crippen LogP contribution in [-0.2, 0) is 6.54 Å². The van der Waals surface area contributed by atoms with Crippen LogP contribution in [0, 0.1) is 6.92 Å². The van der Waals surface area contributed by atoms with Crippen LogP contribution >= 0.6 is 11.3 Å². The highest BCUT2D eigenvalue weighted by molar-refractivity contribution is 7.11. The van der Waals surface area contributed by atoms with Crippen LogP contribution in [0.3, 0.4) is 0 Å². The topological polar surface area (TPSA) is 69.5 Å². The monoisotopic (exact) mass is 331 g/mol. The molecule has 0 saturated carbocycles. The molecule has 1 fully saturated rings. The van der Waals surface area contributed by atoms with Crippen LogP contribution in [0.25, 0.3) is 0 Å². The van der Waals surface area contributed by atoms with Gasteiger partial charge in [0.05, 0.1) is 6.54 Å². The van der Waals surface area contributed by atoms with Crippen LogP contribution in [0.2, 0.25) is 0 Å². The van der Waals surface area contributed by atoms with Gasteiger partial charge in [-0.2, -0.15) is 0 Å². The summed E-state index contributed by atoms with van der Waals surface area (Å²) in [6, 6.07) is 1.84. The molecule has 0 atom stereocenters. The van der Waals surface area contributed by atoms with Gasteiger partial charge in [0, 0.05) is 56.7 Å². The Bertz CT molecular complexity index is 647. The highest BCUT2D eigenvalue weighted by atomic mass is 32.1. The van der Waals surface area contributed by atoms with Crippen molar-refractivity contribution in [2.75, 3.05) is 38.1 Å². The molecule has 0 unspecified atom stereocenters.